The van der Waals surface area contributed by atoms with E-state index in [-0.39, 0.29) is 12.5 Å². The highest BCUT2D eigenvalue weighted by atomic mass is 16.4. The van der Waals surface area contributed by atoms with Crippen molar-refractivity contribution >= 4 is 5.97 Å². The average Bonchev–Trinajstić information content (AvgIpc) is 2.83. The maximum Gasteiger partial charge on any atom is 0.305 e. The fourth-order valence-electron chi connectivity index (χ4n) is 1.58. The van der Waals surface area contributed by atoms with E-state index in [1.807, 2.05) is 6.92 Å². The first-order chi connectivity index (χ1) is 8.09. The highest BCUT2D eigenvalue weighted by Gasteiger charge is 2.20. The second-order valence-corrected chi connectivity index (χ2v) is 3.83. The van der Waals surface area contributed by atoms with E-state index in [0.29, 0.717) is 11.6 Å². The van der Waals surface area contributed by atoms with Gasteiger partial charge in [-0.05, 0) is 35.9 Å². The van der Waals surface area contributed by atoms with Crippen molar-refractivity contribution in [2.45, 2.75) is 26.3 Å². The van der Waals surface area contributed by atoms with Gasteiger partial charge in [-0.25, -0.2) is 4.68 Å². The summed E-state index contributed by atoms with van der Waals surface area (Å²) in [5, 5.41) is 20.0. The zero-order chi connectivity index (χ0) is 12.4. The van der Waals surface area contributed by atoms with Crippen molar-refractivity contribution in [1.29, 1.82) is 0 Å². The Labute approximate surface area is 97.0 Å². The van der Waals surface area contributed by atoms with E-state index in [9.17, 15) is 4.79 Å². The van der Waals surface area contributed by atoms with Crippen LogP contribution in [0.5, 0.6) is 0 Å². The van der Waals surface area contributed by atoms with Gasteiger partial charge in [0.25, 0.3) is 0 Å². The van der Waals surface area contributed by atoms with Crippen LogP contribution in [0.1, 0.15) is 24.9 Å². The lowest BCUT2D eigenvalue weighted by atomic mass is 10.2. The zero-order valence-electron chi connectivity index (χ0n) is 9.49. The summed E-state index contributed by atoms with van der Waals surface area (Å²) in [6.07, 6.45) is 1.50. The van der Waals surface area contributed by atoms with Crippen molar-refractivity contribution in [2.24, 2.45) is 0 Å². The molecule has 1 unspecified atom stereocenters. The molecule has 0 spiro atoms. The van der Waals surface area contributed by atoms with Crippen molar-refractivity contribution in [3.63, 3.8) is 0 Å². The number of aromatic nitrogens is 4. The van der Waals surface area contributed by atoms with Crippen LogP contribution in [-0.4, -0.2) is 31.3 Å². The third kappa shape index (κ3) is 2.17. The summed E-state index contributed by atoms with van der Waals surface area (Å²) in [6, 6.07) is 1.47. The predicted octanol–water partition coefficient (Wildman–Crippen LogP) is 1.28. The molecule has 2 heterocycles. The highest BCUT2D eigenvalue weighted by molar-refractivity contribution is 5.67. The standard InChI is InChI=1S/C10H12N4O3/c1-6-3-4-17-9(6)10-11-12-13-14(10)7(2)5-8(15)16/h3-4,7H,5H2,1-2H3,(H,15,16). The monoisotopic (exact) mass is 236 g/mol. The molecule has 1 N–H and O–H groups in total. The van der Waals surface area contributed by atoms with E-state index < -0.39 is 5.97 Å². The molecule has 1 atom stereocenters. The van der Waals surface area contributed by atoms with Gasteiger partial charge in [0, 0.05) is 0 Å². The number of carboxylic acid groups (broad SMARTS) is 1. The third-order valence-corrected chi connectivity index (χ3v) is 2.45. The van der Waals surface area contributed by atoms with Gasteiger partial charge in [-0.1, -0.05) is 0 Å². The molecule has 0 radical (unpaired) electrons. The number of hydrogen-bond donors (Lipinski definition) is 1. The van der Waals surface area contributed by atoms with Crippen molar-refractivity contribution in [2.75, 3.05) is 0 Å². The van der Waals surface area contributed by atoms with E-state index in [2.05, 4.69) is 15.5 Å². The topological polar surface area (TPSA) is 94.0 Å². The number of tetrazole rings is 1. The average molecular weight is 236 g/mol. The lowest BCUT2D eigenvalue weighted by Crippen LogP contribution is -2.13. The van der Waals surface area contributed by atoms with Crippen molar-refractivity contribution in [1.82, 2.24) is 20.2 Å². The number of rotatable bonds is 4. The van der Waals surface area contributed by atoms with Crippen LogP contribution in [-0.2, 0) is 4.79 Å². The number of carbonyl (C=O) groups is 1. The molecular weight excluding hydrogens is 224 g/mol. The molecule has 0 saturated heterocycles. The molecule has 0 aliphatic carbocycles. The van der Waals surface area contributed by atoms with E-state index >= 15 is 0 Å². The number of furan rings is 1. The normalized spacial score (nSPS) is 12.6. The van der Waals surface area contributed by atoms with Gasteiger partial charge in [-0.15, -0.1) is 5.10 Å². The van der Waals surface area contributed by atoms with E-state index in [4.69, 9.17) is 9.52 Å². The largest absolute Gasteiger partial charge is 0.481 e. The third-order valence-electron chi connectivity index (χ3n) is 2.45. The summed E-state index contributed by atoms with van der Waals surface area (Å²) in [6.45, 7) is 3.62. The minimum Gasteiger partial charge on any atom is -0.481 e. The smallest absolute Gasteiger partial charge is 0.305 e. The quantitative estimate of drug-likeness (QED) is 0.859. The molecule has 0 saturated carbocycles. The fraction of sp³-hybridized carbons (Fsp3) is 0.400. The van der Waals surface area contributed by atoms with Gasteiger partial charge in [0.1, 0.15) is 0 Å². The summed E-state index contributed by atoms with van der Waals surface area (Å²) in [4.78, 5) is 10.7. The Bertz CT molecular complexity index is 531. The van der Waals surface area contributed by atoms with E-state index in [1.54, 1.807) is 19.3 Å². The van der Waals surface area contributed by atoms with Crippen molar-refractivity contribution in [3.05, 3.63) is 17.9 Å². The van der Waals surface area contributed by atoms with Gasteiger partial charge in [-0.3, -0.25) is 4.79 Å². The Morgan fingerprint density at radius 3 is 3.00 bits per heavy atom. The zero-order valence-corrected chi connectivity index (χ0v) is 9.49. The summed E-state index contributed by atoms with van der Waals surface area (Å²) in [7, 11) is 0. The molecule has 2 rings (SSSR count). The van der Waals surface area contributed by atoms with Gasteiger partial charge in [0.15, 0.2) is 5.76 Å². The van der Waals surface area contributed by atoms with Crippen LogP contribution in [0.4, 0.5) is 0 Å². The number of nitrogens with zero attached hydrogens (tertiary/aromatic N) is 4. The molecule has 0 aliphatic heterocycles. The van der Waals surface area contributed by atoms with Crippen molar-refractivity contribution < 1.29 is 14.3 Å². The first-order valence-corrected chi connectivity index (χ1v) is 5.13. The molecule has 0 amide bonds. The molecular formula is C10H12N4O3. The summed E-state index contributed by atoms with van der Waals surface area (Å²) in [5.74, 6) is 0.114. The SMILES string of the molecule is Cc1ccoc1-c1nnnn1C(C)CC(=O)O. The lowest BCUT2D eigenvalue weighted by molar-refractivity contribution is -0.137. The Morgan fingerprint density at radius 2 is 2.41 bits per heavy atom. The first kappa shape index (κ1) is 11.3. The predicted molar refractivity (Wildman–Crippen MR) is 57.2 cm³/mol. The minimum atomic E-state index is -0.893. The van der Waals surface area contributed by atoms with Crippen LogP contribution in [0.15, 0.2) is 16.7 Å². The van der Waals surface area contributed by atoms with Crippen LogP contribution in [0.3, 0.4) is 0 Å². The maximum atomic E-state index is 10.7. The number of aryl methyl sites for hydroxylation is 1. The van der Waals surface area contributed by atoms with Crippen LogP contribution in [0, 0.1) is 6.92 Å². The van der Waals surface area contributed by atoms with Crippen LogP contribution in [0.2, 0.25) is 0 Å². The van der Waals surface area contributed by atoms with Crippen LogP contribution >= 0.6 is 0 Å². The van der Waals surface area contributed by atoms with Gasteiger partial charge >= 0.3 is 5.97 Å². The maximum absolute atomic E-state index is 10.7. The summed E-state index contributed by atoms with van der Waals surface area (Å²) >= 11 is 0. The fourth-order valence-corrected chi connectivity index (χ4v) is 1.58. The lowest BCUT2D eigenvalue weighted by Gasteiger charge is -2.09. The molecule has 90 valence electrons. The van der Waals surface area contributed by atoms with E-state index in [1.165, 1.54) is 4.68 Å². The molecule has 0 bridgehead atoms. The van der Waals surface area contributed by atoms with Crippen LogP contribution in [0.25, 0.3) is 11.6 Å². The molecule has 0 aliphatic rings. The van der Waals surface area contributed by atoms with Gasteiger partial charge < -0.3 is 9.52 Å². The second-order valence-electron chi connectivity index (χ2n) is 3.83. The minimum absolute atomic E-state index is 0.0439. The Kier molecular flexibility index (Phi) is 2.90. The Hall–Kier alpha value is -2.18. The molecule has 2 aromatic rings. The molecule has 7 heteroatoms. The van der Waals surface area contributed by atoms with Gasteiger partial charge in [-0.2, -0.15) is 0 Å². The first-order valence-electron chi connectivity index (χ1n) is 5.13. The van der Waals surface area contributed by atoms with Crippen LogP contribution < -0.4 is 0 Å². The number of hydrogen-bond acceptors (Lipinski definition) is 5. The summed E-state index contributed by atoms with van der Waals surface area (Å²) < 4.78 is 6.75. The van der Waals surface area contributed by atoms with Crippen molar-refractivity contribution in [3.8, 4) is 11.6 Å². The second kappa shape index (κ2) is 4.36. The van der Waals surface area contributed by atoms with Gasteiger partial charge in [0.05, 0.1) is 18.7 Å². The number of aliphatic carboxylic acids is 1. The molecule has 2 aromatic heterocycles. The Balaban J connectivity index is 2.35. The summed E-state index contributed by atoms with van der Waals surface area (Å²) in [5.41, 5.74) is 0.906. The van der Waals surface area contributed by atoms with Gasteiger partial charge in [0.2, 0.25) is 5.82 Å². The molecule has 17 heavy (non-hydrogen) atoms. The molecule has 7 nitrogen and oxygen atoms in total. The number of carboxylic acids is 1. The Morgan fingerprint density at radius 1 is 1.65 bits per heavy atom. The highest BCUT2D eigenvalue weighted by Crippen LogP contribution is 2.24. The molecule has 0 fully saturated rings. The molecule has 0 aromatic carbocycles. The van der Waals surface area contributed by atoms with E-state index in [0.717, 1.165) is 5.56 Å².